The highest BCUT2D eigenvalue weighted by Crippen LogP contribution is 2.21. The van der Waals surface area contributed by atoms with E-state index in [1.807, 2.05) is 18.2 Å². The molecule has 2 heterocycles. The first-order chi connectivity index (χ1) is 12.6. The van der Waals surface area contributed by atoms with Gasteiger partial charge in [-0.25, -0.2) is 4.79 Å². The number of nitrogens with one attached hydrogen (secondary N) is 1. The fourth-order valence-corrected chi connectivity index (χ4v) is 3.25. The SMILES string of the molecule is N#Cc1ccccc1N1CCN(C(=O)NCCN2C(=O)CCC2=O)CC1. The quantitative estimate of drug-likeness (QED) is 0.795. The van der Waals surface area contributed by atoms with Gasteiger partial charge in [-0.2, -0.15) is 5.26 Å². The van der Waals surface area contributed by atoms with Crippen molar-refractivity contribution in [3.8, 4) is 6.07 Å². The van der Waals surface area contributed by atoms with Crippen LogP contribution in [0.2, 0.25) is 0 Å². The molecule has 2 saturated heterocycles. The maximum absolute atomic E-state index is 12.3. The smallest absolute Gasteiger partial charge is 0.317 e. The van der Waals surface area contributed by atoms with Crippen molar-refractivity contribution in [2.45, 2.75) is 12.8 Å². The van der Waals surface area contributed by atoms with Crippen LogP contribution < -0.4 is 10.2 Å². The van der Waals surface area contributed by atoms with Crippen molar-refractivity contribution < 1.29 is 14.4 Å². The van der Waals surface area contributed by atoms with Crippen molar-refractivity contribution in [2.75, 3.05) is 44.2 Å². The summed E-state index contributed by atoms with van der Waals surface area (Å²) in [6, 6.07) is 9.43. The number of nitrogens with zero attached hydrogens (tertiary/aromatic N) is 4. The minimum Gasteiger partial charge on any atom is -0.367 e. The van der Waals surface area contributed by atoms with Crippen molar-refractivity contribution in [1.29, 1.82) is 5.26 Å². The minimum atomic E-state index is -0.197. The average Bonchev–Trinajstić information content (AvgIpc) is 3.00. The summed E-state index contributed by atoms with van der Waals surface area (Å²) in [5.41, 5.74) is 1.52. The van der Waals surface area contributed by atoms with Crippen LogP contribution in [0.3, 0.4) is 0 Å². The van der Waals surface area contributed by atoms with Gasteiger partial charge in [0.15, 0.2) is 0 Å². The molecule has 2 aliphatic heterocycles. The number of hydrogen-bond donors (Lipinski definition) is 1. The first-order valence-corrected chi connectivity index (χ1v) is 8.70. The first-order valence-electron chi connectivity index (χ1n) is 8.70. The number of nitriles is 1. The molecule has 0 bridgehead atoms. The molecule has 1 aromatic rings. The summed E-state index contributed by atoms with van der Waals surface area (Å²) in [5, 5.41) is 12.0. The molecular formula is C18H21N5O3. The van der Waals surface area contributed by atoms with Crippen molar-refractivity contribution in [2.24, 2.45) is 0 Å². The third-order valence-corrected chi connectivity index (χ3v) is 4.70. The number of hydrogen-bond acceptors (Lipinski definition) is 5. The second-order valence-corrected chi connectivity index (χ2v) is 6.27. The standard InChI is InChI=1S/C18H21N5O3/c19-13-14-3-1-2-4-15(14)21-9-11-22(12-10-21)18(26)20-7-8-23-16(24)5-6-17(23)25/h1-4H,5-12H2,(H,20,26). The summed E-state index contributed by atoms with van der Waals surface area (Å²) >= 11 is 0. The molecule has 3 rings (SSSR count). The average molecular weight is 355 g/mol. The summed E-state index contributed by atoms with van der Waals surface area (Å²) in [7, 11) is 0. The number of anilines is 1. The van der Waals surface area contributed by atoms with Crippen LogP contribution in [-0.4, -0.2) is 66.9 Å². The van der Waals surface area contributed by atoms with Gasteiger partial charge < -0.3 is 15.1 Å². The Morgan fingerprint density at radius 1 is 1.08 bits per heavy atom. The lowest BCUT2D eigenvalue weighted by molar-refractivity contribution is -0.138. The van der Waals surface area contributed by atoms with Crippen LogP contribution >= 0.6 is 0 Å². The molecule has 0 radical (unpaired) electrons. The third-order valence-electron chi connectivity index (χ3n) is 4.70. The van der Waals surface area contributed by atoms with Gasteiger partial charge in [0.2, 0.25) is 11.8 Å². The van der Waals surface area contributed by atoms with Gasteiger partial charge >= 0.3 is 6.03 Å². The number of benzene rings is 1. The zero-order valence-corrected chi connectivity index (χ0v) is 14.5. The molecule has 0 atom stereocenters. The summed E-state index contributed by atoms with van der Waals surface area (Å²) < 4.78 is 0. The van der Waals surface area contributed by atoms with Gasteiger partial charge in [-0.1, -0.05) is 12.1 Å². The molecular weight excluding hydrogens is 334 g/mol. The Bertz CT molecular complexity index is 733. The van der Waals surface area contributed by atoms with E-state index in [0.717, 1.165) is 5.69 Å². The van der Waals surface area contributed by atoms with Crippen molar-refractivity contribution in [3.05, 3.63) is 29.8 Å². The minimum absolute atomic E-state index is 0.172. The molecule has 0 unspecified atom stereocenters. The van der Waals surface area contributed by atoms with E-state index in [9.17, 15) is 19.6 Å². The maximum Gasteiger partial charge on any atom is 0.317 e. The molecule has 4 amide bonds. The van der Waals surface area contributed by atoms with Crippen LogP contribution in [0.15, 0.2) is 24.3 Å². The molecule has 0 aliphatic carbocycles. The van der Waals surface area contributed by atoms with E-state index in [-0.39, 0.29) is 43.8 Å². The predicted molar refractivity (Wildman–Crippen MR) is 94.3 cm³/mol. The Morgan fingerprint density at radius 2 is 1.73 bits per heavy atom. The highest BCUT2D eigenvalue weighted by molar-refractivity contribution is 6.01. The lowest BCUT2D eigenvalue weighted by Gasteiger charge is -2.36. The molecule has 0 aromatic heterocycles. The van der Waals surface area contributed by atoms with Crippen LogP contribution in [-0.2, 0) is 9.59 Å². The van der Waals surface area contributed by atoms with E-state index in [1.54, 1.807) is 11.0 Å². The molecule has 1 aromatic carbocycles. The van der Waals surface area contributed by atoms with Crippen LogP contribution in [0.5, 0.6) is 0 Å². The molecule has 8 nitrogen and oxygen atoms in total. The summed E-state index contributed by atoms with van der Waals surface area (Å²) in [6.07, 6.45) is 0.526. The van der Waals surface area contributed by atoms with Gasteiger partial charge in [0.05, 0.1) is 11.3 Å². The first kappa shape index (κ1) is 17.7. The largest absolute Gasteiger partial charge is 0.367 e. The van der Waals surface area contributed by atoms with Crippen LogP contribution in [0, 0.1) is 11.3 Å². The van der Waals surface area contributed by atoms with E-state index in [1.165, 1.54) is 4.90 Å². The summed E-state index contributed by atoms with van der Waals surface area (Å²) in [5.74, 6) is -0.344. The van der Waals surface area contributed by atoms with Crippen molar-refractivity contribution in [1.82, 2.24) is 15.1 Å². The van der Waals surface area contributed by atoms with Gasteiger partial charge in [0, 0.05) is 52.1 Å². The second kappa shape index (κ2) is 7.87. The zero-order chi connectivity index (χ0) is 18.5. The molecule has 0 spiro atoms. The summed E-state index contributed by atoms with van der Waals surface area (Å²) in [6.45, 7) is 2.87. The molecule has 8 heteroatoms. The number of urea groups is 1. The zero-order valence-electron chi connectivity index (χ0n) is 14.5. The van der Waals surface area contributed by atoms with E-state index < -0.39 is 0 Å². The molecule has 136 valence electrons. The highest BCUT2D eigenvalue weighted by atomic mass is 16.2. The third kappa shape index (κ3) is 3.77. The lowest BCUT2D eigenvalue weighted by Crippen LogP contribution is -2.52. The number of imide groups is 1. The second-order valence-electron chi connectivity index (χ2n) is 6.27. The number of carbonyl (C=O) groups excluding carboxylic acids is 3. The molecule has 2 fully saturated rings. The Morgan fingerprint density at radius 3 is 2.38 bits per heavy atom. The number of piperazine rings is 1. The van der Waals surface area contributed by atoms with Gasteiger partial charge in [-0.05, 0) is 12.1 Å². The number of rotatable bonds is 4. The monoisotopic (exact) mass is 355 g/mol. The Hall–Kier alpha value is -3.08. The Balaban J connectivity index is 1.46. The highest BCUT2D eigenvalue weighted by Gasteiger charge is 2.28. The maximum atomic E-state index is 12.3. The normalized spacial score (nSPS) is 17.4. The van der Waals surface area contributed by atoms with E-state index in [4.69, 9.17) is 0 Å². The van der Waals surface area contributed by atoms with Gasteiger partial charge in [-0.15, -0.1) is 0 Å². The number of amides is 4. The van der Waals surface area contributed by atoms with Gasteiger partial charge in [0.1, 0.15) is 6.07 Å². The topological polar surface area (TPSA) is 96.8 Å². The molecule has 2 aliphatic rings. The molecule has 0 saturated carbocycles. The van der Waals surface area contributed by atoms with Crippen LogP contribution in [0.4, 0.5) is 10.5 Å². The fourth-order valence-electron chi connectivity index (χ4n) is 3.25. The number of likely N-dealkylation sites (tertiary alicyclic amines) is 1. The predicted octanol–water partition coefficient (Wildman–Crippen LogP) is 0.539. The van der Waals surface area contributed by atoms with Crippen molar-refractivity contribution in [3.63, 3.8) is 0 Å². The van der Waals surface area contributed by atoms with E-state index >= 15 is 0 Å². The number of para-hydroxylation sites is 1. The molecule has 1 N–H and O–H groups in total. The van der Waals surface area contributed by atoms with Crippen LogP contribution in [0.1, 0.15) is 18.4 Å². The van der Waals surface area contributed by atoms with Crippen molar-refractivity contribution >= 4 is 23.5 Å². The summed E-state index contributed by atoms with van der Waals surface area (Å²) in [4.78, 5) is 40.3. The lowest BCUT2D eigenvalue weighted by atomic mass is 10.1. The van der Waals surface area contributed by atoms with E-state index in [2.05, 4.69) is 16.3 Å². The van der Waals surface area contributed by atoms with Crippen LogP contribution in [0.25, 0.3) is 0 Å². The Kier molecular flexibility index (Phi) is 5.37. The Labute approximate surface area is 152 Å². The fraction of sp³-hybridized carbons (Fsp3) is 0.444. The van der Waals surface area contributed by atoms with Gasteiger partial charge in [0.25, 0.3) is 0 Å². The number of carbonyl (C=O) groups is 3. The molecule has 26 heavy (non-hydrogen) atoms. The van der Waals surface area contributed by atoms with Gasteiger partial charge in [-0.3, -0.25) is 14.5 Å². The van der Waals surface area contributed by atoms with E-state index in [0.29, 0.717) is 31.7 Å².